The second kappa shape index (κ2) is 3.37. The molecule has 0 aromatic carbocycles. The molecule has 0 aliphatic heterocycles. The van der Waals surface area contributed by atoms with Crippen LogP contribution in [0.2, 0.25) is 0 Å². The highest BCUT2D eigenvalue weighted by Gasteiger charge is 1.96. The number of methoxy groups -OCH3 is 1. The predicted molar refractivity (Wildman–Crippen MR) is 42.8 cm³/mol. The van der Waals surface area contributed by atoms with Crippen LogP contribution < -0.4 is 0 Å². The molecule has 10 heavy (non-hydrogen) atoms. The molecule has 1 atom stereocenters. The number of ether oxygens (including phenoxy) is 1. The largest absolute Gasteiger partial charge is 0.373 e. The SMILES string of the molecule is COC1C=CC=C(C)C=C1. The van der Waals surface area contributed by atoms with E-state index in [9.17, 15) is 0 Å². The lowest BCUT2D eigenvalue weighted by atomic mass is 10.2. The van der Waals surface area contributed by atoms with Gasteiger partial charge < -0.3 is 4.74 Å². The number of allylic oxidation sites excluding steroid dienone is 4. The van der Waals surface area contributed by atoms with Crippen molar-refractivity contribution in [2.24, 2.45) is 0 Å². The fraction of sp³-hybridized carbons (Fsp3) is 0.333. The molecular weight excluding hydrogens is 124 g/mol. The van der Waals surface area contributed by atoms with Crippen molar-refractivity contribution >= 4 is 0 Å². The molecule has 0 spiro atoms. The molecule has 0 bridgehead atoms. The summed E-state index contributed by atoms with van der Waals surface area (Å²) in [5.41, 5.74) is 1.26. The van der Waals surface area contributed by atoms with E-state index in [0.29, 0.717) is 0 Å². The zero-order chi connectivity index (χ0) is 7.40. The van der Waals surface area contributed by atoms with Crippen LogP contribution in [-0.2, 0) is 4.74 Å². The van der Waals surface area contributed by atoms with Gasteiger partial charge in [-0.25, -0.2) is 0 Å². The lowest BCUT2D eigenvalue weighted by Crippen LogP contribution is -2.00. The Morgan fingerprint density at radius 2 is 2.20 bits per heavy atom. The van der Waals surface area contributed by atoms with Crippen molar-refractivity contribution < 1.29 is 4.74 Å². The van der Waals surface area contributed by atoms with E-state index >= 15 is 0 Å². The first-order valence-corrected chi connectivity index (χ1v) is 3.39. The average Bonchev–Trinajstić information content (AvgIpc) is 2.14. The monoisotopic (exact) mass is 136 g/mol. The molecule has 1 unspecified atom stereocenters. The first-order valence-electron chi connectivity index (χ1n) is 3.39. The summed E-state index contributed by atoms with van der Waals surface area (Å²) in [6.07, 6.45) is 10.4. The van der Waals surface area contributed by atoms with Gasteiger partial charge in [-0.05, 0) is 6.92 Å². The van der Waals surface area contributed by atoms with E-state index in [1.54, 1.807) is 7.11 Å². The Morgan fingerprint density at radius 3 is 2.90 bits per heavy atom. The smallest absolute Gasteiger partial charge is 0.0939 e. The van der Waals surface area contributed by atoms with Crippen molar-refractivity contribution in [3.8, 4) is 0 Å². The van der Waals surface area contributed by atoms with Crippen LogP contribution in [0.15, 0.2) is 36.0 Å². The van der Waals surface area contributed by atoms with Gasteiger partial charge in [0.25, 0.3) is 0 Å². The van der Waals surface area contributed by atoms with E-state index in [-0.39, 0.29) is 6.10 Å². The van der Waals surface area contributed by atoms with Gasteiger partial charge in [-0.3, -0.25) is 0 Å². The van der Waals surface area contributed by atoms with E-state index in [2.05, 4.69) is 19.1 Å². The molecule has 0 saturated carbocycles. The molecule has 0 amide bonds. The molecule has 0 aromatic heterocycles. The topological polar surface area (TPSA) is 9.23 Å². The minimum atomic E-state index is 0.147. The van der Waals surface area contributed by atoms with Gasteiger partial charge in [0, 0.05) is 7.11 Å². The van der Waals surface area contributed by atoms with Crippen molar-refractivity contribution in [1.82, 2.24) is 0 Å². The lowest BCUT2D eigenvalue weighted by molar-refractivity contribution is 0.178. The van der Waals surface area contributed by atoms with Gasteiger partial charge in [-0.15, -0.1) is 0 Å². The summed E-state index contributed by atoms with van der Waals surface area (Å²) >= 11 is 0. The predicted octanol–water partition coefficient (Wildman–Crippen LogP) is 2.07. The number of hydrogen-bond donors (Lipinski definition) is 0. The fourth-order valence-corrected chi connectivity index (χ4v) is 0.840. The van der Waals surface area contributed by atoms with Crippen LogP contribution in [0.4, 0.5) is 0 Å². The van der Waals surface area contributed by atoms with Crippen molar-refractivity contribution in [2.45, 2.75) is 13.0 Å². The molecule has 1 nitrogen and oxygen atoms in total. The normalized spacial score (nSPS) is 24.2. The molecule has 0 fully saturated rings. The Hall–Kier alpha value is -0.820. The van der Waals surface area contributed by atoms with Crippen LogP contribution in [0, 0.1) is 0 Å². The summed E-state index contributed by atoms with van der Waals surface area (Å²) < 4.78 is 5.11. The van der Waals surface area contributed by atoms with Crippen LogP contribution in [0.1, 0.15) is 6.92 Å². The molecule has 1 heteroatoms. The maximum atomic E-state index is 5.11. The van der Waals surface area contributed by atoms with Gasteiger partial charge in [0.1, 0.15) is 0 Å². The summed E-state index contributed by atoms with van der Waals surface area (Å²) in [5, 5.41) is 0. The maximum Gasteiger partial charge on any atom is 0.0939 e. The highest BCUT2D eigenvalue weighted by molar-refractivity contribution is 5.27. The zero-order valence-electron chi connectivity index (χ0n) is 6.37. The van der Waals surface area contributed by atoms with Crippen LogP contribution >= 0.6 is 0 Å². The second-order valence-corrected chi connectivity index (χ2v) is 2.36. The molecule has 0 heterocycles. The van der Waals surface area contributed by atoms with E-state index in [1.807, 2.05) is 18.2 Å². The Bertz CT molecular complexity index is 187. The quantitative estimate of drug-likeness (QED) is 0.536. The third kappa shape index (κ3) is 1.85. The van der Waals surface area contributed by atoms with Gasteiger partial charge in [0.15, 0.2) is 0 Å². The highest BCUT2D eigenvalue weighted by Crippen LogP contribution is 2.05. The van der Waals surface area contributed by atoms with Crippen LogP contribution in [0.25, 0.3) is 0 Å². The summed E-state index contributed by atoms with van der Waals surface area (Å²) in [7, 11) is 1.71. The molecule has 1 rings (SSSR count). The summed E-state index contributed by atoms with van der Waals surface area (Å²) in [5.74, 6) is 0. The van der Waals surface area contributed by atoms with Crippen molar-refractivity contribution in [2.75, 3.05) is 7.11 Å². The van der Waals surface area contributed by atoms with Crippen LogP contribution in [0.3, 0.4) is 0 Å². The molecule has 1 aliphatic rings. The van der Waals surface area contributed by atoms with Gasteiger partial charge >= 0.3 is 0 Å². The first kappa shape index (κ1) is 7.29. The first-order chi connectivity index (χ1) is 4.83. The van der Waals surface area contributed by atoms with Gasteiger partial charge in [0.2, 0.25) is 0 Å². The third-order valence-electron chi connectivity index (χ3n) is 1.48. The summed E-state index contributed by atoms with van der Waals surface area (Å²) in [6.45, 7) is 2.07. The van der Waals surface area contributed by atoms with E-state index in [4.69, 9.17) is 4.74 Å². The van der Waals surface area contributed by atoms with Crippen molar-refractivity contribution in [3.05, 3.63) is 36.0 Å². The lowest BCUT2D eigenvalue weighted by Gasteiger charge is -2.01. The summed E-state index contributed by atoms with van der Waals surface area (Å²) in [6, 6.07) is 0. The van der Waals surface area contributed by atoms with E-state index in [0.717, 1.165) is 0 Å². The molecule has 0 N–H and O–H groups in total. The summed E-state index contributed by atoms with van der Waals surface area (Å²) in [4.78, 5) is 0. The number of rotatable bonds is 1. The van der Waals surface area contributed by atoms with E-state index in [1.165, 1.54) is 5.57 Å². The molecule has 0 aromatic rings. The van der Waals surface area contributed by atoms with Gasteiger partial charge in [-0.1, -0.05) is 36.0 Å². The average molecular weight is 136 g/mol. The van der Waals surface area contributed by atoms with Crippen molar-refractivity contribution in [1.29, 1.82) is 0 Å². The minimum absolute atomic E-state index is 0.147. The maximum absolute atomic E-state index is 5.11. The van der Waals surface area contributed by atoms with Gasteiger partial charge in [-0.2, -0.15) is 0 Å². The fourth-order valence-electron chi connectivity index (χ4n) is 0.840. The molecular formula is C9H12O. The third-order valence-corrected chi connectivity index (χ3v) is 1.48. The van der Waals surface area contributed by atoms with Gasteiger partial charge in [0.05, 0.1) is 6.10 Å². The number of hydrogen-bond acceptors (Lipinski definition) is 1. The molecule has 1 aliphatic carbocycles. The Morgan fingerprint density at radius 1 is 1.40 bits per heavy atom. The Balaban J connectivity index is 2.68. The minimum Gasteiger partial charge on any atom is -0.373 e. The van der Waals surface area contributed by atoms with Crippen LogP contribution in [0.5, 0.6) is 0 Å². The zero-order valence-corrected chi connectivity index (χ0v) is 6.37. The van der Waals surface area contributed by atoms with E-state index < -0.39 is 0 Å². The van der Waals surface area contributed by atoms with Crippen LogP contribution in [-0.4, -0.2) is 13.2 Å². The van der Waals surface area contributed by atoms with Crippen molar-refractivity contribution in [3.63, 3.8) is 0 Å². The molecule has 0 saturated heterocycles. The Labute approximate surface area is 61.7 Å². The molecule has 0 radical (unpaired) electrons. The standard InChI is InChI=1S/C9H12O/c1-8-4-3-5-9(10-2)7-6-8/h3-7,9H,1-2H3. The highest BCUT2D eigenvalue weighted by atomic mass is 16.5. The Kier molecular flexibility index (Phi) is 2.46. The second-order valence-electron chi connectivity index (χ2n) is 2.36. The molecule has 54 valence electrons.